The number of nitrogens with one attached hydrogen (secondary N) is 2. The number of aromatic nitrogens is 2. The SMILES string of the molecule is C=C/C(Cl)=C(/Nc1nc2cc(C(=O)Nc3ccc(Br)cc3)ccc2n1C)C(=C)N(C)C. The zero-order chi connectivity index (χ0) is 22.7. The summed E-state index contributed by atoms with van der Waals surface area (Å²) >= 11 is 9.73. The van der Waals surface area contributed by atoms with Crippen LogP contribution in [0.4, 0.5) is 11.6 Å². The largest absolute Gasteiger partial charge is 0.376 e. The fourth-order valence-corrected chi connectivity index (χ4v) is 3.32. The van der Waals surface area contributed by atoms with Crippen molar-refractivity contribution in [2.45, 2.75) is 0 Å². The van der Waals surface area contributed by atoms with Crippen molar-refractivity contribution in [3.63, 3.8) is 0 Å². The van der Waals surface area contributed by atoms with Crippen LogP contribution in [-0.4, -0.2) is 34.5 Å². The monoisotopic (exact) mass is 499 g/mol. The normalized spacial score (nSPS) is 11.6. The van der Waals surface area contributed by atoms with Crippen LogP contribution in [0.1, 0.15) is 10.4 Å². The first-order valence-corrected chi connectivity index (χ1v) is 10.6. The lowest BCUT2D eigenvalue weighted by atomic mass is 10.2. The summed E-state index contributed by atoms with van der Waals surface area (Å²) in [7, 11) is 5.64. The molecule has 0 saturated heterocycles. The maximum atomic E-state index is 12.7. The van der Waals surface area contributed by atoms with Crippen molar-refractivity contribution in [2.24, 2.45) is 7.05 Å². The van der Waals surface area contributed by atoms with Gasteiger partial charge in [-0.05, 0) is 48.5 Å². The van der Waals surface area contributed by atoms with Gasteiger partial charge in [0.15, 0.2) is 0 Å². The highest BCUT2D eigenvalue weighted by Gasteiger charge is 2.16. The van der Waals surface area contributed by atoms with E-state index in [9.17, 15) is 4.79 Å². The number of fused-ring (bicyclic) bond motifs is 1. The summed E-state index contributed by atoms with van der Waals surface area (Å²) in [6, 6.07) is 12.8. The molecule has 8 heteroatoms. The number of likely N-dealkylation sites (N-methyl/N-ethyl adjacent to an activating group) is 1. The molecule has 2 N–H and O–H groups in total. The molecule has 1 aromatic heterocycles. The Labute approximate surface area is 195 Å². The predicted molar refractivity (Wildman–Crippen MR) is 132 cm³/mol. The summed E-state index contributed by atoms with van der Waals surface area (Å²) in [5.74, 6) is 0.360. The lowest BCUT2D eigenvalue weighted by molar-refractivity contribution is 0.102. The van der Waals surface area contributed by atoms with Gasteiger partial charge in [-0.25, -0.2) is 4.98 Å². The zero-order valence-electron chi connectivity index (χ0n) is 17.5. The maximum Gasteiger partial charge on any atom is 0.255 e. The van der Waals surface area contributed by atoms with Crippen molar-refractivity contribution in [1.29, 1.82) is 0 Å². The minimum atomic E-state index is -0.208. The average Bonchev–Trinajstić information content (AvgIpc) is 3.07. The van der Waals surface area contributed by atoms with Crippen LogP contribution in [0.15, 0.2) is 82.6 Å². The Morgan fingerprint density at radius 1 is 1.19 bits per heavy atom. The topological polar surface area (TPSA) is 62.2 Å². The van der Waals surface area contributed by atoms with Crippen LogP contribution in [0.3, 0.4) is 0 Å². The molecule has 0 aliphatic carbocycles. The lowest BCUT2D eigenvalue weighted by Crippen LogP contribution is -2.18. The molecule has 0 bridgehead atoms. The third kappa shape index (κ3) is 5.00. The highest BCUT2D eigenvalue weighted by atomic mass is 79.9. The number of benzene rings is 2. The molecule has 1 heterocycles. The minimum Gasteiger partial charge on any atom is -0.376 e. The molecule has 2 aromatic carbocycles. The minimum absolute atomic E-state index is 0.208. The van der Waals surface area contributed by atoms with E-state index in [1.165, 1.54) is 0 Å². The van der Waals surface area contributed by atoms with Crippen LogP contribution >= 0.6 is 27.5 Å². The molecule has 0 atom stereocenters. The van der Waals surface area contributed by atoms with Crippen molar-refractivity contribution in [3.8, 4) is 0 Å². The Bertz CT molecular complexity index is 1190. The molecule has 31 heavy (non-hydrogen) atoms. The van der Waals surface area contributed by atoms with Gasteiger partial charge in [0.1, 0.15) is 0 Å². The Morgan fingerprint density at radius 2 is 1.87 bits per heavy atom. The number of allylic oxidation sites excluding steroid dienone is 2. The Kier molecular flexibility index (Phi) is 6.87. The fourth-order valence-electron chi connectivity index (χ4n) is 2.90. The molecule has 0 spiro atoms. The summed E-state index contributed by atoms with van der Waals surface area (Å²) in [5, 5.41) is 6.57. The molecule has 6 nitrogen and oxygen atoms in total. The van der Waals surface area contributed by atoms with Crippen molar-refractivity contribution in [1.82, 2.24) is 14.5 Å². The second kappa shape index (κ2) is 9.41. The Hall–Kier alpha value is -3.03. The number of aryl methyl sites for hydroxylation is 1. The maximum absolute atomic E-state index is 12.7. The number of rotatable bonds is 7. The predicted octanol–water partition coefficient (Wildman–Crippen LogP) is 5.71. The van der Waals surface area contributed by atoms with Gasteiger partial charge in [0.05, 0.1) is 27.5 Å². The molecule has 0 unspecified atom stereocenters. The van der Waals surface area contributed by atoms with Crippen LogP contribution in [0.25, 0.3) is 11.0 Å². The van der Waals surface area contributed by atoms with Gasteiger partial charge in [0.2, 0.25) is 5.95 Å². The van der Waals surface area contributed by atoms with Crippen molar-refractivity contribution >= 4 is 56.1 Å². The van der Waals surface area contributed by atoms with Gasteiger partial charge >= 0.3 is 0 Å². The Morgan fingerprint density at radius 3 is 2.48 bits per heavy atom. The van der Waals surface area contributed by atoms with E-state index in [2.05, 4.69) is 44.7 Å². The van der Waals surface area contributed by atoms with Crippen LogP contribution in [0.5, 0.6) is 0 Å². The van der Waals surface area contributed by atoms with E-state index in [0.717, 1.165) is 9.99 Å². The number of carbonyl (C=O) groups is 1. The summed E-state index contributed by atoms with van der Waals surface area (Å²) in [5.41, 5.74) is 4.07. The molecule has 0 fully saturated rings. The molecule has 1 amide bonds. The molecule has 3 aromatic rings. The summed E-state index contributed by atoms with van der Waals surface area (Å²) < 4.78 is 2.84. The second-order valence-electron chi connectivity index (χ2n) is 7.05. The van der Waals surface area contributed by atoms with Crippen molar-refractivity contribution in [3.05, 3.63) is 88.2 Å². The van der Waals surface area contributed by atoms with E-state index in [0.29, 0.717) is 39.1 Å². The molecular weight excluding hydrogens is 478 g/mol. The van der Waals surface area contributed by atoms with E-state index in [-0.39, 0.29) is 5.91 Å². The van der Waals surface area contributed by atoms with E-state index in [1.54, 1.807) is 18.2 Å². The number of amides is 1. The molecule has 0 saturated carbocycles. The number of halogens is 2. The van der Waals surface area contributed by atoms with Crippen LogP contribution < -0.4 is 10.6 Å². The fraction of sp³-hybridized carbons (Fsp3) is 0.130. The number of anilines is 2. The first kappa shape index (κ1) is 22.7. The molecule has 3 rings (SSSR count). The molecular formula is C23H23BrClN5O. The first-order valence-electron chi connectivity index (χ1n) is 9.40. The Balaban J connectivity index is 1.91. The van der Waals surface area contributed by atoms with Gasteiger partial charge < -0.3 is 20.1 Å². The van der Waals surface area contributed by atoms with E-state index >= 15 is 0 Å². The first-order chi connectivity index (χ1) is 14.7. The van der Waals surface area contributed by atoms with Crippen molar-refractivity contribution < 1.29 is 4.79 Å². The van der Waals surface area contributed by atoms with Gasteiger partial charge in [0, 0.05) is 36.9 Å². The zero-order valence-corrected chi connectivity index (χ0v) is 19.9. The van der Waals surface area contributed by atoms with Gasteiger partial charge in [-0.3, -0.25) is 4.79 Å². The van der Waals surface area contributed by atoms with Crippen LogP contribution in [-0.2, 0) is 7.05 Å². The second-order valence-corrected chi connectivity index (χ2v) is 8.37. The molecule has 0 aliphatic heterocycles. The third-order valence-electron chi connectivity index (χ3n) is 4.73. The van der Waals surface area contributed by atoms with Crippen molar-refractivity contribution in [2.75, 3.05) is 24.7 Å². The summed E-state index contributed by atoms with van der Waals surface area (Å²) in [6.45, 7) is 7.80. The van der Waals surface area contributed by atoms with Crippen LogP contribution in [0, 0.1) is 0 Å². The number of imidazole rings is 1. The quantitative estimate of drug-likeness (QED) is 0.408. The van der Waals surface area contributed by atoms with Gasteiger partial charge in [-0.1, -0.05) is 40.7 Å². The highest BCUT2D eigenvalue weighted by Crippen LogP contribution is 2.25. The van der Waals surface area contributed by atoms with E-state index in [1.807, 2.05) is 60.9 Å². The highest BCUT2D eigenvalue weighted by molar-refractivity contribution is 9.10. The number of carbonyl (C=O) groups excluding carboxylic acids is 1. The number of hydrogen-bond donors (Lipinski definition) is 2. The lowest BCUT2D eigenvalue weighted by Gasteiger charge is -2.20. The number of hydrogen-bond acceptors (Lipinski definition) is 4. The standard InChI is InChI=1S/C23H23BrClN5O/c1-6-18(25)21(14(2)29(3)4)28-23-27-19-13-15(7-12-20(19)30(23)5)22(31)26-17-10-8-16(24)9-11-17/h6-13H,1-2H2,3-5H3,(H,26,31)(H,27,28)/b21-18-. The smallest absolute Gasteiger partial charge is 0.255 e. The van der Waals surface area contributed by atoms with Gasteiger partial charge in [-0.2, -0.15) is 0 Å². The molecule has 160 valence electrons. The van der Waals surface area contributed by atoms with Gasteiger partial charge in [0.25, 0.3) is 5.91 Å². The number of nitrogens with zero attached hydrogens (tertiary/aromatic N) is 3. The van der Waals surface area contributed by atoms with E-state index < -0.39 is 0 Å². The summed E-state index contributed by atoms with van der Waals surface area (Å²) in [4.78, 5) is 19.2. The summed E-state index contributed by atoms with van der Waals surface area (Å²) in [6.07, 6.45) is 1.55. The molecule has 0 aliphatic rings. The van der Waals surface area contributed by atoms with Gasteiger partial charge in [-0.15, -0.1) is 0 Å². The average molecular weight is 501 g/mol. The third-order valence-corrected chi connectivity index (χ3v) is 5.60. The molecule has 0 radical (unpaired) electrons. The van der Waals surface area contributed by atoms with E-state index in [4.69, 9.17) is 11.6 Å². The van der Waals surface area contributed by atoms with Crippen LogP contribution in [0.2, 0.25) is 0 Å².